The summed E-state index contributed by atoms with van der Waals surface area (Å²) in [5, 5.41) is 1.15. The number of hydrogen-bond acceptors (Lipinski definition) is 3. The zero-order valence-electron chi connectivity index (χ0n) is 12.2. The highest BCUT2D eigenvalue weighted by molar-refractivity contribution is 5.79. The van der Waals surface area contributed by atoms with Gasteiger partial charge in [-0.15, -0.1) is 0 Å². The Labute approximate surface area is 120 Å². The fraction of sp³-hybridized carbons (Fsp3) is 0.471. The summed E-state index contributed by atoms with van der Waals surface area (Å²) in [7, 11) is 1.79. The summed E-state index contributed by atoms with van der Waals surface area (Å²) in [6.07, 6.45) is 4.51. The smallest absolute Gasteiger partial charge is 0.0870 e. The Bertz CT molecular complexity index is 617. The second kappa shape index (κ2) is 5.15. The molecule has 1 aromatic heterocycles. The molecule has 3 heteroatoms. The molecular weight excluding hydrogens is 248 g/mol. The number of nitrogens with zero attached hydrogens (tertiary/aromatic N) is 1. The summed E-state index contributed by atoms with van der Waals surface area (Å²) in [5.41, 5.74) is 9.55. The number of benzene rings is 1. The molecule has 1 fully saturated rings. The summed E-state index contributed by atoms with van der Waals surface area (Å²) < 4.78 is 5.81. The molecule has 1 aliphatic carbocycles. The van der Waals surface area contributed by atoms with Crippen molar-refractivity contribution in [2.75, 3.05) is 7.11 Å². The number of hydrogen-bond donors (Lipinski definition) is 1. The fourth-order valence-corrected chi connectivity index (χ4v) is 3.36. The van der Waals surface area contributed by atoms with Crippen LogP contribution in [-0.2, 0) is 4.74 Å². The molecule has 3 nitrogen and oxygen atoms in total. The van der Waals surface area contributed by atoms with Crippen LogP contribution in [0.25, 0.3) is 10.9 Å². The molecule has 1 aliphatic rings. The highest BCUT2D eigenvalue weighted by atomic mass is 16.5. The van der Waals surface area contributed by atoms with E-state index in [9.17, 15) is 0 Å². The topological polar surface area (TPSA) is 48.1 Å². The quantitative estimate of drug-likeness (QED) is 0.928. The first-order chi connectivity index (χ1) is 9.64. The summed E-state index contributed by atoms with van der Waals surface area (Å²) in [5.74, 6) is 0. The Morgan fingerprint density at radius 2 is 1.95 bits per heavy atom. The van der Waals surface area contributed by atoms with Crippen LogP contribution in [0.5, 0.6) is 0 Å². The van der Waals surface area contributed by atoms with Crippen LogP contribution in [0.2, 0.25) is 0 Å². The highest BCUT2D eigenvalue weighted by Gasteiger charge is 2.40. The zero-order chi connectivity index (χ0) is 14.2. The SMILES string of the molecule is COC1(C(N)c2ccc3nc(C)ccc3c2)CCCC1. The Hall–Kier alpha value is -1.45. The summed E-state index contributed by atoms with van der Waals surface area (Å²) in [6.45, 7) is 2.01. The van der Waals surface area contributed by atoms with Gasteiger partial charge in [-0.3, -0.25) is 4.98 Å². The molecule has 1 unspecified atom stereocenters. The van der Waals surface area contributed by atoms with Crippen molar-refractivity contribution in [3.63, 3.8) is 0 Å². The third kappa shape index (κ3) is 2.21. The Kier molecular flexibility index (Phi) is 3.48. The van der Waals surface area contributed by atoms with Gasteiger partial charge in [-0.25, -0.2) is 0 Å². The summed E-state index contributed by atoms with van der Waals surface area (Å²) in [6, 6.07) is 10.4. The molecule has 106 valence electrons. The lowest BCUT2D eigenvalue weighted by atomic mass is 9.87. The lowest BCUT2D eigenvalue weighted by molar-refractivity contribution is -0.0263. The highest BCUT2D eigenvalue weighted by Crippen LogP contribution is 2.41. The molecule has 1 atom stereocenters. The van der Waals surface area contributed by atoms with Crippen molar-refractivity contribution in [3.05, 3.63) is 41.6 Å². The summed E-state index contributed by atoms with van der Waals surface area (Å²) in [4.78, 5) is 4.54. The van der Waals surface area contributed by atoms with E-state index in [1.807, 2.05) is 13.0 Å². The molecule has 20 heavy (non-hydrogen) atoms. The minimum Gasteiger partial charge on any atom is -0.376 e. The predicted molar refractivity (Wildman–Crippen MR) is 81.6 cm³/mol. The van der Waals surface area contributed by atoms with Crippen LogP contribution in [-0.4, -0.2) is 17.7 Å². The van der Waals surface area contributed by atoms with Gasteiger partial charge in [0.15, 0.2) is 0 Å². The molecule has 2 aromatic rings. The van der Waals surface area contributed by atoms with Crippen LogP contribution in [0.15, 0.2) is 30.3 Å². The minimum atomic E-state index is -0.189. The van der Waals surface area contributed by atoms with Crippen LogP contribution in [0.4, 0.5) is 0 Å². The van der Waals surface area contributed by atoms with Gasteiger partial charge in [-0.2, -0.15) is 0 Å². The van der Waals surface area contributed by atoms with E-state index in [1.54, 1.807) is 7.11 Å². The maximum absolute atomic E-state index is 6.52. The van der Waals surface area contributed by atoms with Crippen LogP contribution in [0.1, 0.15) is 43.0 Å². The van der Waals surface area contributed by atoms with Crippen molar-refractivity contribution in [1.29, 1.82) is 0 Å². The maximum Gasteiger partial charge on any atom is 0.0870 e. The average molecular weight is 270 g/mol. The predicted octanol–water partition coefficient (Wildman–Crippen LogP) is 3.50. The van der Waals surface area contributed by atoms with Crippen LogP contribution < -0.4 is 5.73 Å². The van der Waals surface area contributed by atoms with E-state index in [-0.39, 0.29) is 11.6 Å². The van der Waals surface area contributed by atoms with Gasteiger partial charge in [-0.1, -0.05) is 25.0 Å². The third-order valence-electron chi connectivity index (χ3n) is 4.63. The monoisotopic (exact) mass is 270 g/mol. The molecule has 3 rings (SSSR count). The Balaban J connectivity index is 1.99. The normalized spacial score (nSPS) is 19.4. The van der Waals surface area contributed by atoms with Gasteiger partial charge >= 0.3 is 0 Å². The van der Waals surface area contributed by atoms with Gasteiger partial charge in [-0.05, 0) is 43.5 Å². The first-order valence-corrected chi connectivity index (χ1v) is 7.33. The number of nitrogens with two attached hydrogens (primary N) is 1. The molecular formula is C17H22N2O. The Morgan fingerprint density at radius 1 is 1.20 bits per heavy atom. The number of pyridine rings is 1. The van der Waals surface area contributed by atoms with E-state index in [4.69, 9.17) is 10.5 Å². The van der Waals surface area contributed by atoms with Crippen molar-refractivity contribution in [3.8, 4) is 0 Å². The standard InChI is InChI=1S/C17H22N2O/c1-12-5-6-13-11-14(7-8-15(13)19-12)16(18)17(20-2)9-3-4-10-17/h5-8,11,16H,3-4,9-10,18H2,1-2H3. The third-order valence-corrected chi connectivity index (χ3v) is 4.63. The van der Waals surface area contributed by atoms with Crippen LogP contribution in [0, 0.1) is 6.92 Å². The molecule has 0 radical (unpaired) electrons. The lowest BCUT2D eigenvalue weighted by Gasteiger charge is -2.34. The van der Waals surface area contributed by atoms with Gasteiger partial charge in [0, 0.05) is 18.2 Å². The number of aromatic nitrogens is 1. The van der Waals surface area contributed by atoms with E-state index in [2.05, 4.69) is 29.2 Å². The number of fused-ring (bicyclic) bond motifs is 1. The molecule has 0 aliphatic heterocycles. The van der Waals surface area contributed by atoms with Gasteiger partial charge in [0.05, 0.1) is 17.2 Å². The largest absolute Gasteiger partial charge is 0.376 e. The van der Waals surface area contributed by atoms with Gasteiger partial charge in [0.25, 0.3) is 0 Å². The first-order valence-electron chi connectivity index (χ1n) is 7.33. The van der Waals surface area contributed by atoms with E-state index >= 15 is 0 Å². The molecule has 1 saturated carbocycles. The first kappa shape index (κ1) is 13.5. The second-order valence-electron chi connectivity index (χ2n) is 5.86. The van der Waals surface area contributed by atoms with Crippen LogP contribution in [0.3, 0.4) is 0 Å². The zero-order valence-corrected chi connectivity index (χ0v) is 12.2. The maximum atomic E-state index is 6.52. The van der Waals surface area contributed by atoms with E-state index in [0.29, 0.717) is 0 Å². The van der Waals surface area contributed by atoms with Crippen molar-refractivity contribution in [2.24, 2.45) is 5.73 Å². The van der Waals surface area contributed by atoms with Crippen molar-refractivity contribution in [2.45, 2.75) is 44.2 Å². The number of aryl methyl sites for hydroxylation is 1. The molecule has 0 saturated heterocycles. The molecule has 0 amide bonds. The lowest BCUT2D eigenvalue weighted by Crippen LogP contribution is -2.40. The minimum absolute atomic E-state index is 0.0688. The summed E-state index contributed by atoms with van der Waals surface area (Å²) >= 11 is 0. The van der Waals surface area contributed by atoms with E-state index in [0.717, 1.165) is 35.0 Å². The van der Waals surface area contributed by atoms with E-state index < -0.39 is 0 Å². The van der Waals surface area contributed by atoms with Gasteiger partial charge in [0.2, 0.25) is 0 Å². The van der Waals surface area contributed by atoms with Crippen LogP contribution >= 0.6 is 0 Å². The Morgan fingerprint density at radius 3 is 2.65 bits per heavy atom. The van der Waals surface area contributed by atoms with Gasteiger partial charge < -0.3 is 10.5 Å². The number of methoxy groups -OCH3 is 1. The van der Waals surface area contributed by atoms with Crippen molar-refractivity contribution >= 4 is 10.9 Å². The fourth-order valence-electron chi connectivity index (χ4n) is 3.36. The number of ether oxygens (including phenoxy) is 1. The van der Waals surface area contributed by atoms with Crippen molar-refractivity contribution < 1.29 is 4.74 Å². The molecule has 0 bridgehead atoms. The van der Waals surface area contributed by atoms with Gasteiger partial charge in [0.1, 0.15) is 0 Å². The van der Waals surface area contributed by atoms with E-state index in [1.165, 1.54) is 12.8 Å². The molecule has 1 heterocycles. The number of rotatable bonds is 3. The second-order valence-corrected chi connectivity index (χ2v) is 5.86. The van der Waals surface area contributed by atoms with Crippen molar-refractivity contribution in [1.82, 2.24) is 4.98 Å². The molecule has 1 aromatic carbocycles. The molecule has 2 N–H and O–H groups in total. The average Bonchev–Trinajstić information content (AvgIpc) is 2.96. The molecule has 0 spiro atoms.